The van der Waals surface area contributed by atoms with E-state index in [1.54, 1.807) is 0 Å². The van der Waals surface area contributed by atoms with Gasteiger partial charge in [-0.05, 0) is 31.4 Å². The molecular formula is C11H15N. The molecule has 0 aromatic heterocycles. The van der Waals surface area contributed by atoms with Crippen molar-refractivity contribution in [1.29, 1.82) is 0 Å². The first-order chi connectivity index (χ1) is 5.75. The Balaban J connectivity index is 2.37. The lowest BCUT2D eigenvalue weighted by atomic mass is 9.95. The van der Waals surface area contributed by atoms with E-state index in [1.807, 2.05) is 0 Å². The molecule has 0 saturated heterocycles. The predicted molar refractivity (Wildman–Crippen MR) is 51.2 cm³/mol. The zero-order chi connectivity index (χ0) is 8.55. The number of aryl methyl sites for hydroxylation is 1. The van der Waals surface area contributed by atoms with Crippen LogP contribution in [0.25, 0.3) is 0 Å². The van der Waals surface area contributed by atoms with E-state index in [0.717, 1.165) is 6.54 Å². The minimum absolute atomic E-state index is 0.638. The lowest BCUT2D eigenvalue weighted by molar-refractivity contribution is 0.513. The van der Waals surface area contributed by atoms with Crippen molar-refractivity contribution < 1.29 is 0 Å². The van der Waals surface area contributed by atoms with E-state index in [4.69, 9.17) is 0 Å². The van der Waals surface area contributed by atoms with Crippen LogP contribution in [-0.4, -0.2) is 6.04 Å². The Bertz CT molecular complexity index is 291. The molecule has 1 N–H and O–H groups in total. The van der Waals surface area contributed by atoms with E-state index in [9.17, 15) is 0 Å². The Kier molecular flexibility index (Phi) is 1.89. The van der Waals surface area contributed by atoms with Crippen LogP contribution < -0.4 is 5.32 Å². The SMILES string of the molecule is Cc1ccc2c(c1)C[C@H](C)NC2. The van der Waals surface area contributed by atoms with Gasteiger partial charge in [-0.15, -0.1) is 0 Å². The first-order valence-electron chi connectivity index (χ1n) is 4.57. The van der Waals surface area contributed by atoms with Crippen molar-refractivity contribution in [3.05, 3.63) is 34.9 Å². The standard InChI is InChI=1S/C11H15N/c1-8-3-4-10-7-12-9(2)6-11(10)5-8/h3-5,9,12H,6-7H2,1-2H3/t9-/m0/s1. The van der Waals surface area contributed by atoms with E-state index in [0.29, 0.717) is 6.04 Å². The number of fused-ring (bicyclic) bond motifs is 1. The Morgan fingerprint density at radius 1 is 1.33 bits per heavy atom. The Labute approximate surface area is 73.8 Å². The summed E-state index contributed by atoms with van der Waals surface area (Å²) < 4.78 is 0. The molecule has 0 radical (unpaired) electrons. The molecule has 0 fully saturated rings. The van der Waals surface area contributed by atoms with Gasteiger partial charge in [0.05, 0.1) is 0 Å². The summed E-state index contributed by atoms with van der Waals surface area (Å²) in [6.07, 6.45) is 1.18. The smallest absolute Gasteiger partial charge is 0.0210 e. The molecule has 0 aliphatic carbocycles. The number of hydrogen-bond donors (Lipinski definition) is 1. The Morgan fingerprint density at radius 2 is 2.17 bits per heavy atom. The van der Waals surface area contributed by atoms with Crippen LogP contribution in [0.15, 0.2) is 18.2 Å². The average molecular weight is 161 g/mol. The fraction of sp³-hybridized carbons (Fsp3) is 0.455. The van der Waals surface area contributed by atoms with Crippen LogP contribution in [0.5, 0.6) is 0 Å². The molecule has 1 heteroatoms. The number of hydrogen-bond acceptors (Lipinski definition) is 1. The van der Waals surface area contributed by atoms with Crippen LogP contribution in [0.4, 0.5) is 0 Å². The fourth-order valence-electron chi connectivity index (χ4n) is 1.80. The quantitative estimate of drug-likeness (QED) is 0.614. The Hall–Kier alpha value is -0.820. The highest BCUT2D eigenvalue weighted by atomic mass is 14.9. The van der Waals surface area contributed by atoms with Gasteiger partial charge in [0.25, 0.3) is 0 Å². The molecule has 2 rings (SSSR count). The highest BCUT2D eigenvalue weighted by Gasteiger charge is 2.13. The summed E-state index contributed by atoms with van der Waals surface area (Å²) in [6.45, 7) is 5.44. The maximum absolute atomic E-state index is 3.46. The average Bonchev–Trinajstić information content (AvgIpc) is 2.03. The molecule has 0 saturated carbocycles. The molecule has 0 spiro atoms. The van der Waals surface area contributed by atoms with Crippen LogP contribution in [-0.2, 0) is 13.0 Å². The van der Waals surface area contributed by atoms with Crippen LogP contribution >= 0.6 is 0 Å². The first-order valence-corrected chi connectivity index (χ1v) is 4.57. The molecule has 0 bridgehead atoms. The zero-order valence-electron chi connectivity index (χ0n) is 7.72. The van der Waals surface area contributed by atoms with Gasteiger partial charge >= 0.3 is 0 Å². The second-order valence-electron chi connectivity index (χ2n) is 3.76. The molecule has 12 heavy (non-hydrogen) atoms. The summed E-state index contributed by atoms with van der Waals surface area (Å²) in [7, 11) is 0. The van der Waals surface area contributed by atoms with E-state index in [-0.39, 0.29) is 0 Å². The van der Waals surface area contributed by atoms with Crippen LogP contribution in [0, 0.1) is 6.92 Å². The normalized spacial score (nSPS) is 22.0. The van der Waals surface area contributed by atoms with Gasteiger partial charge in [0.2, 0.25) is 0 Å². The summed E-state index contributed by atoms with van der Waals surface area (Å²) in [4.78, 5) is 0. The van der Waals surface area contributed by atoms with Crippen molar-refractivity contribution in [2.45, 2.75) is 32.9 Å². The lowest BCUT2D eigenvalue weighted by Gasteiger charge is -2.23. The largest absolute Gasteiger partial charge is 0.310 e. The monoisotopic (exact) mass is 161 g/mol. The Morgan fingerprint density at radius 3 is 3.00 bits per heavy atom. The summed E-state index contributed by atoms with van der Waals surface area (Å²) in [5, 5.41) is 3.46. The minimum Gasteiger partial charge on any atom is -0.310 e. The second-order valence-corrected chi connectivity index (χ2v) is 3.76. The molecule has 0 amide bonds. The summed E-state index contributed by atoms with van der Waals surface area (Å²) in [6, 6.07) is 7.38. The molecule has 64 valence electrons. The van der Waals surface area contributed by atoms with Gasteiger partial charge in [-0.2, -0.15) is 0 Å². The topological polar surface area (TPSA) is 12.0 Å². The fourth-order valence-corrected chi connectivity index (χ4v) is 1.80. The molecule has 1 atom stereocenters. The van der Waals surface area contributed by atoms with Crippen molar-refractivity contribution >= 4 is 0 Å². The molecule has 1 heterocycles. The molecular weight excluding hydrogens is 146 g/mol. The molecule has 1 aromatic rings. The van der Waals surface area contributed by atoms with Gasteiger partial charge in [0, 0.05) is 12.6 Å². The number of rotatable bonds is 0. The number of benzene rings is 1. The van der Waals surface area contributed by atoms with Crippen LogP contribution in [0.3, 0.4) is 0 Å². The van der Waals surface area contributed by atoms with Gasteiger partial charge < -0.3 is 5.32 Å². The van der Waals surface area contributed by atoms with Crippen molar-refractivity contribution in [1.82, 2.24) is 5.32 Å². The molecule has 1 aromatic carbocycles. The van der Waals surface area contributed by atoms with Crippen LogP contribution in [0.1, 0.15) is 23.6 Å². The number of nitrogens with one attached hydrogen (secondary N) is 1. The molecule has 1 nitrogen and oxygen atoms in total. The molecule has 0 unspecified atom stereocenters. The van der Waals surface area contributed by atoms with Gasteiger partial charge in [-0.1, -0.05) is 23.8 Å². The third-order valence-electron chi connectivity index (χ3n) is 2.53. The first kappa shape index (κ1) is 7.81. The van der Waals surface area contributed by atoms with Crippen molar-refractivity contribution in [3.8, 4) is 0 Å². The van der Waals surface area contributed by atoms with E-state index in [2.05, 4.69) is 37.4 Å². The van der Waals surface area contributed by atoms with Crippen molar-refractivity contribution in [2.24, 2.45) is 0 Å². The maximum atomic E-state index is 3.46. The van der Waals surface area contributed by atoms with Crippen molar-refractivity contribution in [3.63, 3.8) is 0 Å². The van der Waals surface area contributed by atoms with Gasteiger partial charge in [-0.3, -0.25) is 0 Å². The van der Waals surface area contributed by atoms with E-state index >= 15 is 0 Å². The summed E-state index contributed by atoms with van der Waals surface area (Å²) in [5.41, 5.74) is 4.38. The van der Waals surface area contributed by atoms with Gasteiger partial charge in [0.15, 0.2) is 0 Å². The third kappa shape index (κ3) is 1.37. The summed E-state index contributed by atoms with van der Waals surface area (Å²) >= 11 is 0. The third-order valence-corrected chi connectivity index (χ3v) is 2.53. The van der Waals surface area contributed by atoms with Gasteiger partial charge in [0.1, 0.15) is 0 Å². The highest BCUT2D eigenvalue weighted by molar-refractivity contribution is 5.33. The van der Waals surface area contributed by atoms with E-state index in [1.165, 1.54) is 23.1 Å². The maximum Gasteiger partial charge on any atom is 0.0210 e. The van der Waals surface area contributed by atoms with E-state index < -0.39 is 0 Å². The zero-order valence-corrected chi connectivity index (χ0v) is 7.72. The summed E-state index contributed by atoms with van der Waals surface area (Å²) in [5.74, 6) is 0. The lowest BCUT2D eigenvalue weighted by Crippen LogP contribution is -2.32. The second kappa shape index (κ2) is 2.91. The minimum atomic E-state index is 0.638. The van der Waals surface area contributed by atoms with Crippen molar-refractivity contribution in [2.75, 3.05) is 0 Å². The van der Waals surface area contributed by atoms with Crippen LogP contribution in [0.2, 0.25) is 0 Å². The predicted octanol–water partition coefficient (Wildman–Crippen LogP) is 2.03. The van der Waals surface area contributed by atoms with Gasteiger partial charge in [-0.25, -0.2) is 0 Å². The molecule has 1 aliphatic rings. The molecule has 1 aliphatic heterocycles. The highest BCUT2D eigenvalue weighted by Crippen LogP contribution is 2.17.